The maximum atomic E-state index is 13.6. The third-order valence-electron chi connectivity index (χ3n) is 3.14. The minimum atomic E-state index is -3.86. The van der Waals surface area contributed by atoms with Crippen molar-refractivity contribution < 1.29 is 22.3 Å². The lowest BCUT2D eigenvalue weighted by molar-refractivity contribution is 0.353. The Balaban J connectivity index is 2.31. The molecule has 8 heteroatoms. The van der Waals surface area contributed by atoms with E-state index in [0.717, 1.165) is 0 Å². The van der Waals surface area contributed by atoms with Crippen LogP contribution in [0, 0.1) is 5.82 Å². The van der Waals surface area contributed by atoms with Crippen molar-refractivity contribution in [2.24, 2.45) is 0 Å². The summed E-state index contributed by atoms with van der Waals surface area (Å²) in [6, 6.07) is 8.80. The highest BCUT2D eigenvalue weighted by atomic mass is 79.9. The van der Waals surface area contributed by atoms with E-state index in [2.05, 4.69) is 20.7 Å². The van der Waals surface area contributed by atoms with Gasteiger partial charge in [0.1, 0.15) is 10.7 Å². The molecule has 0 spiro atoms. The van der Waals surface area contributed by atoms with Gasteiger partial charge in [-0.15, -0.1) is 0 Å². The van der Waals surface area contributed by atoms with Gasteiger partial charge in [0.2, 0.25) is 10.0 Å². The third kappa shape index (κ3) is 4.01. The van der Waals surface area contributed by atoms with Gasteiger partial charge in [-0.05, 0) is 28.1 Å². The largest absolute Gasteiger partial charge is 0.493 e. The lowest BCUT2D eigenvalue weighted by Gasteiger charge is -2.13. The molecule has 5 nitrogen and oxygen atoms in total. The molecule has 0 aliphatic rings. The molecule has 0 bridgehead atoms. The normalized spacial score (nSPS) is 11.3. The number of nitrogens with one attached hydrogen (secondary N) is 1. The zero-order chi connectivity index (χ0) is 17.0. The molecule has 0 heterocycles. The lowest BCUT2D eigenvalue weighted by atomic mass is 10.2. The Morgan fingerprint density at radius 2 is 1.74 bits per heavy atom. The molecule has 124 valence electrons. The molecule has 1 N–H and O–H groups in total. The van der Waals surface area contributed by atoms with Crippen molar-refractivity contribution in [1.29, 1.82) is 0 Å². The van der Waals surface area contributed by atoms with Gasteiger partial charge >= 0.3 is 0 Å². The van der Waals surface area contributed by atoms with Crippen LogP contribution in [0.5, 0.6) is 11.5 Å². The number of rotatable bonds is 6. The highest BCUT2D eigenvalue weighted by molar-refractivity contribution is 9.10. The Kier molecular flexibility index (Phi) is 5.61. The van der Waals surface area contributed by atoms with E-state index in [4.69, 9.17) is 9.47 Å². The van der Waals surface area contributed by atoms with Gasteiger partial charge in [0.05, 0.1) is 14.2 Å². The van der Waals surface area contributed by atoms with E-state index in [9.17, 15) is 12.8 Å². The number of sulfonamides is 1. The fourth-order valence-electron chi connectivity index (χ4n) is 1.93. The van der Waals surface area contributed by atoms with Crippen molar-refractivity contribution in [3.63, 3.8) is 0 Å². The van der Waals surface area contributed by atoms with Gasteiger partial charge in [0.15, 0.2) is 11.5 Å². The van der Waals surface area contributed by atoms with E-state index in [1.807, 2.05) is 0 Å². The van der Waals surface area contributed by atoms with Crippen LogP contribution in [0.2, 0.25) is 0 Å². The third-order valence-corrected chi connectivity index (χ3v) is 5.50. The van der Waals surface area contributed by atoms with Gasteiger partial charge in [-0.25, -0.2) is 17.5 Å². The molecule has 0 aliphatic carbocycles. The Bertz CT molecular complexity index is 811. The topological polar surface area (TPSA) is 64.6 Å². The SMILES string of the molecule is COc1cc(Br)c(S(=O)(=O)NCc2ccccc2F)cc1OC. The Morgan fingerprint density at radius 1 is 1.13 bits per heavy atom. The van der Waals surface area contributed by atoms with Crippen LogP contribution in [-0.4, -0.2) is 22.6 Å². The molecule has 0 fully saturated rings. The summed E-state index contributed by atoms with van der Waals surface area (Å²) in [6.07, 6.45) is 0. The van der Waals surface area contributed by atoms with Crippen LogP contribution >= 0.6 is 15.9 Å². The van der Waals surface area contributed by atoms with Crippen LogP contribution in [0.25, 0.3) is 0 Å². The van der Waals surface area contributed by atoms with E-state index < -0.39 is 15.8 Å². The summed E-state index contributed by atoms with van der Waals surface area (Å²) >= 11 is 3.20. The second-order valence-electron chi connectivity index (χ2n) is 4.55. The summed E-state index contributed by atoms with van der Waals surface area (Å²) < 4.78 is 51.4. The summed E-state index contributed by atoms with van der Waals surface area (Å²) in [5.74, 6) is 0.205. The number of hydrogen-bond donors (Lipinski definition) is 1. The van der Waals surface area contributed by atoms with Crippen molar-refractivity contribution in [1.82, 2.24) is 4.72 Å². The van der Waals surface area contributed by atoms with Gasteiger partial charge in [0, 0.05) is 22.6 Å². The predicted molar refractivity (Wildman–Crippen MR) is 87.7 cm³/mol. The first-order chi connectivity index (χ1) is 10.9. The fourth-order valence-corrected chi connectivity index (χ4v) is 3.97. The van der Waals surface area contributed by atoms with Gasteiger partial charge < -0.3 is 9.47 Å². The number of halogens is 2. The summed E-state index contributed by atoms with van der Waals surface area (Å²) in [5, 5.41) is 0. The van der Waals surface area contributed by atoms with Crippen molar-refractivity contribution in [3.05, 3.63) is 52.3 Å². The molecule has 0 saturated carbocycles. The molecule has 0 saturated heterocycles. The molecule has 2 aromatic carbocycles. The standard InChI is InChI=1S/C15H15BrFNO4S/c1-21-13-7-11(16)15(8-14(13)22-2)23(19,20)18-9-10-5-3-4-6-12(10)17/h3-8,18H,9H2,1-2H3. The maximum absolute atomic E-state index is 13.6. The second kappa shape index (κ2) is 7.29. The van der Waals surface area contributed by atoms with Gasteiger partial charge in [-0.3, -0.25) is 0 Å². The molecule has 0 aliphatic heterocycles. The lowest BCUT2D eigenvalue weighted by Crippen LogP contribution is -2.24. The summed E-state index contributed by atoms with van der Waals surface area (Å²) in [4.78, 5) is -0.0218. The first-order valence-corrected chi connectivity index (χ1v) is 8.81. The average Bonchev–Trinajstić information content (AvgIpc) is 2.53. The van der Waals surface area contributed by atoms with Crippen LogP contribution in [0.1, 0.15) is 5.56 Å². The molecule has 2 rings (SSSR count). The Labute approximate surface area is 142 Å². The highest BCUT2D eigenvalue weighted by Crippen LogP contribution is 2.35. The highest BCUT2D eigenvalue weighted by Gasteiger charge is 2.21. The van der Waals surface area contributed by atoms with Gasteiger partial charge in [-0.1, -0.05) is 18.2 Å². The van der Waals surface area contributed by atoms with Crippen molar-refractivity contribution in [2.75, 3.05) is 14.2 Å². The number of ether oxygens (including phenoxy) is 2. The first kappa shape index (κ1) is 17.7. The van der Waals surface area contributed by atoms with E-state index in [1.54, 1.807) is 6.07 Å². The van der Waals surface area contributed by atoms with Crippen LogP contribution < -0.4 is 14.2 Å². The van der Waals surface area contributed by atoms with E-state index in [1.165, 1.54) is 44.6 Å². The molecular formula is C15H15BrFNO4S. The molecule has 0 aromatic heterocycles. The van der Waals surface area contributed by atoms with Crippen molar-refractivity contribution in [3.8, 4) is 11.5 Å². The van der Waals surface area contributed by atoms with Crippen molar-refractivity contribution in [2.45, 2.75) is 11.4 Å². The predicted octanol–water partition coefficient (Wildman–Crippen LogP) is 3.08. The van der Waals surface area contributed by atoms with Gasteiger partial charge in [0.25, 0.3) is 0 Å². The molecule has 0 radical (unpaired) electrons. The van der Waals surface area contributed by atoms with Crippen LogP contribution in [0.15, 0.2) is 45.8 Å². The maximum Gasteiger partial charge on any atom is 0.242 e. The van der Waals surface area contributed by atoms with Crippen molar-refractivity contribution >= 4 is 26.0 Å². The summed E-state index contributed by atoms with van der Waals surface area (Å²) in [6.45, 7) is -0.157. The number of methoxy groups -OCH3 is 2. The molecule has 0 unspecified atom stereocenters. The summed E-state index contributed by atoms with van der Waals surface area (Å²) in [7, 11) is -0.998. The smallest absolute Gasteiger partial charge is 0.242 e. The second-order valence-corrected chi connectivity index (χ2v) is 7.14. The monoisotopic (exact) mass is 403 g/mol. The zero-order valence-corrected chi connectivity index (χ0v) is 14.9. The van der Waals surface area contributed by atoms with Crippen LogP contribution in [0.4, 0.5) is 4.39 Å². The minimum absolute atomic E-state index is 0.0218. The molecule has 23 heavy (non-hydrogen) atoms. The van der Waals surface area contributed by atoms with E-state index in [0.29, 0.717) is 10.2 Å². The Hall–Kier alpha value is -1.64. The minimum Gasteiger partial charge on any atom is -0.493 e. The van der Waals surface area contributed by atoms with E-state index >= 15 is 0 Å². The molecule has 0 atom stereocenters. The average molecular weight is 404 g/mol. The zero-order valence-electron chi connectivity index (χ0n) is 12.5. The molecule has 2 aromatic rings. The van der Waals surface area contributed by atoms with Crippen LogP contribution in [-0.2, 0) is 16.6 Å². The quantitative estimate of drug-likeness (QED) is 0.804. The van der Waals surface area contributed by atoms with Crippen LogP contribution in [0.3, 0.4) is 0 Å². The van der Waals surface area contributed by atoms with Gasteiger partial charge in [-0.2, -0.15) is 0 Å². The van der Waals surface area contributed by atoms with E-state index in [-0.39, 0.29) is 22.8 Å². The number of benzene rings is 2. The first-order valence-electron chi connectivity index (χ1n) is 6.53. The fraction of sp³-hybridized carbons (Fsp3) is 0.200. The summed E-state index contributed by atoms with van der Waals surface area (Å²) in [5.41, 5.74) is 0.257. The molecular weight excluding hydrogens is 389 g/mol. The number of hydrogen-bond acceptors (Lipinski definition) is 4. The Morgan fingerprint density at radius 3 is 2.35 bits per heavy atom. The molecule has 0 amide bonds.